The smallest absolute Gasteiger partial charge is 0.303 e. The van der Waals surface area contributed by atoms with Crippen molar-refractivity contribution in [2.24, 2.45) is 17.8 Å². The van der Waals surface area contributed by atoms with Gasteiger partial charge >= 0.3 is 5.97 Å². The summed E-state index contributed by atoms with van der Waals surface area (Å²) in [6.07, 6.45) is 6.30. The second kappa shape index (κ2) is 7.67. The van der Waals surface area contributed by atoms with Crippen LogP contribution in [0.5, 0.6) is 0 Å². The highest BCUT2D eigenvalue weighted by Gasteiger charge is 2.55. The molecular formula is C25H35NO4. The number of hydrogen-bond donors (Lipinski definition) is 3. The quantitative estimate of drug-likeness (QED) is 0.636. The van der Waals surface area contributed by atoms with Crippen LogP contribution >= 0.6 is 0 Å². The van der Waals surface area contributed by atoms with E-state index in [4.69, 9.17) is 5.11 Å². The topological polar surface area (TPSA) is 86.6 Å². The van der Waals surface area contributed by atoms with Gasteiger partial charge in [0.1, 0.15) is 0 Å². The lowest BCUT2D eigenvalue weighted by Gasteiger charge is -2.58. The van der Waals surface area contributed by atoms with Crippen molar-refractivity contribution in [2.45, 2.75) is 89.2 Å². The normalized spacial score (nSPS) is 32.3. The molecule has 4 bridgehead atoms. The van der Waals surface area contributed by atoms with E-state index >= 15 is 0 Å². The summed E-state index contributed by atoms with van der Waals surface area (Å²) < 4.78 is 0. The molecule has 5 nitrogen and oxygen atoms in total. The molecule has 5 rings (SSSR count). The maximum atomic E-state index is 13.4. The number of aliphatic hydroxyl groups is 1. The van der Waals surface area contributed by atoms with Crippen LogP contribution in [0.2, 0.25) is 0 Å². The van der Waals surface area contributed by atoms with E-state index in [1.54, 1.807) is 0 Å². The number of carbonyl (C=O) groups is 2. The van der Waals surface area contributed by atoms with E-state index in [9.17, 15) is 14.7 Å². The van der Waals surface area contributed by atoms with Crippen LogP contribution in [0.15, 0.2) is 18.2 Å². The molecule has 0 aliphatic heterocycles. The lowest BCUT2D eigenvalue weighted by molar-refractivity contribution is -0.148. The Morgan fingerprint density at radius 1 is 1.13 bits per heavy atom. The van der Waals surface area contributed by atoms with Crippen molar-refractivity contribution in [1.82, 2.24) is 5.32 Å². The van der Waals surface area contributed by atoms with Gasteiger partial charge in [0.15, 0.2) is 0 Å². The Labute approximate surface area is 179 Å². The van der Waals surface area contributed by atoms with Crippen molar-refractivity contribution < 1.29 is 19.8 Å². The van der Waals surface area contributed by atoms with Crippen LogP contribution in [0.3, 0.4) is 0 Å². The Kier molecular flexibility index (Phi) is 5.46. The van der Waals surface area contributed by atoms with Gasteiger partial charge in [0.25, 0.3) is 0 Å². The second-order valence-electron chi connectivity index (χ2n) is 10.8. The minimum Gasteiger partial charge on any atom is -0.481 e. The predicted octanol–water partition coefficient (Wildman–Crippen LogP) is 3.74. The molecule has 0 heterocycles. The zero-order valence-electron chi connectivity index (χ0n) is 18.4. The standard InChI is InChI=1S/C25H35NO4/c1-15-7-16(5-4-6-21(27)28)11-20(8-15)24(2,3)23(29)26-22-18-9-17-10-19(22)14-25(30,12-17)13-18/h7-8,11,17-19,22,30H,4-6,9-10,12-14H2,1-3H3,(H,26,29)(H,27,28)/t17?,18-,19+,22+,25+. The van der Waals surface area contributed by atoms with Crippen molar-refractivity contribution in [1.29, 1.82) is 0 Å². The van der Waals surface area contributed by atoms with Gasteiger partial charge in [-0.05, 0) is 94.6 Å². The number of rotatable bonds is 7. The molecular weight excluding hydrogens is 378 g/mol. The van der Waals surface area contributed by atoms with Gasteiger partial charge in [-0.1, -0.05) is 23.8 Å². The van der Waals surface area contributed by atoms with Gasteiger partial charge < -0.3 is 15.5 Å². The highest BCUT2D eigenvalue weighted by atomic mass is 16.4. The molecule has 1 unspecified atom stereocenters. The first-order valence-corrected chi connectivity index (χ1v) is 11.4. The van der Waals surface area contributed by atoms with Crippen molar-refractivity contribution in [3.05, 3.63) is 34.9 Å². The number of carboxylic acid groups (broad SMARTS) is 1. The fourth-order valence-electron chi connectivity index (χ4n) is 6.49. The second-order valence-corrected chi connectivity index (χ2v) is 10.8. The van der Waals surface area contributed by atoms with E-state index in [0.29, 0.717) is 30.6 Å². The SMILES string of the molecule is Cc1cc(CCCC(=O)O)cc(C(C)(C)C(=O)N[C@H]2[C@@H]3CC4C[C@H]2C[C@](O)(C4)C3)c1. The van der Waals surface area contributed by atoms with E-state index in [-0.39, 0.29) is 18.4 Å². The van der Waals surface area contributed by atoms with E-state index in [1.807, 2.05) is 20.8 Å². The van der Waals surface area contributed by atoms with Gasteiger partial charge in [-0.2, -0.15) is 0 Å². The largest absolute Gasteiger partial charge is 0.481 e. The van der Waals surface area contributed by atoms with Crippen LogP contribution in [0, 0.1) is 24.7 Å². The average molecular weight is 414 g/mol. The molecule has 1 amide bonds. The van der Waals surface area contributed by atoms with E-state index < -0.39 is 17.0 Å². The number of aliphatic carboxylic acids is 1. The Morgan fingerprint density at radius 2 is 1.80 bits per heavy atom. The van der Waals surface area contributed by atoms with E-state index in [2.05, 4.69) is 23.5 Å². The maximum absolute atomic E-state index is 13.4. The third-order valence-corrected chi connectivity index (χ3v) is 7.82. The molecule has 0 spiro atoms. The number of aryl methyl sites for hydroxylation is 2. The zero-order chi connectivity index (χ0) is 21.7. The summed E-state index contributed by atoms with van der Waals surface area (Å²) in [4.78, 5) is 24.2. The average Bonchev–Trinajstić information content (AvgIpc) is 2.62. The first-order chi connectivity index (χ1) is 14.1. The summed E-state index contributed by atoms with van der Waals surface area (Å²) in [5.74, 6) is 0.686. The number of nitrogens with one attached hydrogen (secondary N) is 1. The molecule has 5 heteroatoms. The van der Waals surface area contributed by atoms with E-state index in [1.165, 1.54) is 0 Å². The minimum atomic E-state index is -0.775. The van der Waals surface area contributed by atoms with Crippen LogP contribution in [0.25, 0.3) is 0 Å². The van der Waals surface area contributed by atoms with Crippen molar-refractivity contribution in [3.8, 4) is 0 Å². The predicted molar refractivity (Wildman–Crippen MR) is 115 cm³/mol. The third kappa shape index (κ3) is 4.14. The summed E-state index contributed by atoms with van der Waals surface area (Å²) in [5.41, 5.74) is 2.00. The molecule has 0 saturated heterocycles. The summed E-state index contributed by atoms with van der Waals surface area (Å²) in [5, 5.41) is 23.1. The fraction of sp³-hybridized carbons (Fsp3) is 0.680. The van der Waals surface area contributed by atoms with Gasteiger partial charge in [0.2, 0.25) is 5.91 Å². The van der Waals surface area contributed by atoms with Gasteiger partial charge in [-0.15, -0.1) is 0 Å². The molecule has 0 radical (unpaired) electrons. The van der Waals surface area contributed by atoms with Crippen LogP contribution in [0.4, 0.5) is 0 Å². The molecule has 1 aromatic rings. The Bertz CT molecular complexity index is 830. The Hall–Kier alpha value is -1.88. The van der Waals surface area contributed by atoms with Crippen molar-refractivity contribution in [3.63, 3.8) is 0 Å². The lowest BCUT2D eigenvalue weighted by Crippen LogP contribution is -2.62. The maximum Gasteiger partial charge on any atom is 0.303 e. The number of hydrogen-bond acceptors (Lipinski definition) is 3. The summed E-state index contributed by atoms with van der Waals surface area (Å²) in [6.45, 7) is 5.97. The van der Waals surface area contributed by atoms with Gasteiger partial charge in [-0.3, -0.25) is 9.59 Å². The number of carboxylic acids is 1. The molecule has 3 N–H and O–H groups in total. The number of benzene rings is 1. The Morgan fingerprint density at radius 3 is 2.40 bits per heavy atom. The molecule has 164 valence electrons. The molecule has 4 fully saturated rings. The Balaban J connectivity index is 1.47. The first-order valence-electron chi connectivity index (χ1n) is 11.4. The molecule has 0 aromatic heterocycles. The van der Waals surface area contributed by atoms with Crippen molar-refractivity contribution in [2.75, 3.05) is 0 Å². The van der Waals surface area contributed by atoms with Gasteiger partial charge in [0, 0.05) is 12.5 Å². The molecule has 1 aromatic carbocycles. The third-order valence-electron chi connectivity index (χ3n) is 7.82. The summed E-state index contributed by atoms with van der Waals surface area (Å²) in [7, 11) is 0. The highest BCUT2D eigenvalue weighted by molar-refractivity contribution is 5.87. The lowest BCUT2D eigenvalue weighted by atomic mass is 9.52. The van der Waals surface area contributed by atoms with Gasteiger partial charge in [-0.25, -0.2) is 0 Å². The van der Waals surface area contributed by atoms with Crippen LogP contribution in [-0.4, -0.2) is 33.7 Å². The molecule has 4 saturated carbocycles. The number of carbonyl (C=O) groups excluding carboxylic acids is 1. The molecule has 30 heavy (non-hydrogen) atoms. The fourth-order valence-corrected chi connectivity index (χ4v) is 6.49. The summed E-state index contributed by atoms with van der Waals surface area (Å²) >= 11 is 0. The van der Waals surface area contributed by atoms with Crippen molar-refractivity contribution >= 4 is 11.9 Å². The van der Waals surface area contributed by atoms with Crippen LogP contribution < -0.4 is 5.32 Å². The zero-order valence-corrected chi connectivity index (χ0v) is 18.4. The van der Waals surface area contributed by atoms with Crippen LogP contribution in [-0.2, 0) is 21.4 Å². The highest BCUT2D eigenvalue weighted by Crippen LogP contribution is 2.55. The molecule has 4 aliphatic rings. The monoisotopic (exact) mass is 413 g/mol. The minimum absolute atomic E-state index is 0.0500. The molecule has 5 atom stereocenters. The van der Waals surface area contributed by atoms with Gasteiger partial charge in [0.05, 0.1) is 11.0 Å². The summed E-state index contributed by atoms with van der Waals surface area (Å²) in [6, 6.07) is 6.39. The first kappa shape index (κ1) is 21.4. The van der Waals surface area contributed by atoms with Crippen LogP contribution in [0.1, 0.15) is 75.5 Å². The molecule has 4 aliphatic carbocycles. The number of amides is 1. The van der Waals surface area contributed by atoms with E-state index in [0.717, 1.165) is 48.8 Å².